The van der Waals surface area contributed by atoms with Gasteiger partial charge in [-0.1, -0.05) is 41.9 Å². The second-order valence-corrected chi connectivity index (χ2v) is 8.08. The molecule has 0 radical (unpaired) electrons. The number of carbonyl (C=O) groups is 1. The first-order chi connectivity index (χ1) is 14.6. The van der Waals surface area contributed by atoms with Gasteiger partial charge in [-0.3, -0.25) is 4.79 Å². The summed E-state index contributed by atoms with van der Waals surface area (Å²) in [6.45, 7) is 3.18. The van der Waals surface area contributed by atoms with Gasteiger partial charge in [0.15, 0.2) is 0 Å². The number of halogens is 1. The molecule has 5 rings (SSSR count). The molecule has 2 atom stereocenters. The van der Waals surface area contributed by atoms with Crippen LogP contribution < -0.4 is 5.32 Å². The largest absolute Gasteiger partial charge is 0.376 e. The fourth-order valence-electron chi connectivity index (χ4n) is 4.28. The number of ether oxygens (including phenoxy) is 1. The maximum Gasteiger partial charge on any atom is 0.257 e. The third-order valence-electron chi connectivity index (χ3n) is 5.77. The molecule has 0 saturated carbocycles. The van der Waals surface area contributed by atoms with Crippen LogP contribution in [-0.4, -0.2) is 39.8 Å². The van der Waals surface area contributed by atoms with Crippen molar-refractivity contribution in [1.29, 1.82) is 0 Å². The van der Waals surface area contributed by atoms with Crippen LogP contribution in [0.1, 0.15) is 40.6 Å². The van der Waals surface area contributed by atoms with Gasteiger partial charge >= 0.3 is 0 Å². The maximum atomic E-state index is 13.4. The maximum absolute atomic E-state index is 13.4. The lowest BCUT2D eigenvalue weighted by molar-refractivity contribution is 0.0426. The first-order valence-corrected chi connectivity index (χ1v) is 10.6. The number of para-hydroxylation sites is 2. The van der Waals surface area contributed by atoms with E-state index >= 15 is 0 Å². The number of hydrogen-bond acceptors (Lipinski definition) is 4. The van der Waals surface area contributed by atoms with Crippen molar-refractivity contribution in [2.24, 2.45) is 0 Å². The van der Waals surface area contributed by atoms with Crippen LogP contribution in [0.4, 0.5) is 5.69 Å². The molecule has 0 aliphatic carbocycles. The Morgan fingerprint density at radius 1 is 1.17 bits per heavy atom. The summed E-state index contributed by atoms with van der Waals surface area (Å²) in [5.41, 5.74) is 3.94. The number of nitrogens with zero attached hydrogens (tertiary/aromatic N) is 3. The van der Waals surface area contributed by atoms with Crippen molar-refractivity contribution >= 4 is 23.2 Å². The average Bonchev–Trinajstić information content (AvgIpc) is 3.38. The van der Waals surface area contributed by atoms with E-state index in [2.05, 4.69) is 10.4 Å². The molecule has 1 aromatic heterocycles. The number of hydrogen-bond donors (Lipinski definition) is 1. The fraction of sp³-hybridized carbons (Fsp3) is 0.304. The second kappa shape index (κ2) is 7.78. The number of fused-ring (bicyclic) bond motifs is 1. The molecule has 1 amide bonds. The molecule has 6 nitrogen and oxygen atoms in total. The minimum atomic E-state index is -0.415. The number of benzene rings is 2. The normalized spacial score (nSPS) is 20.9. The number of aryl methyl sites for hydroxylation is 1. The van der Waals surface area contributed by atoms with Gasteiger partial charge in [0.05, 0.1) is 28.6 Å². The fourth-order valence-corrected chi connectivity index (χ4v) is 4.65. The molecule has 1 saturated heterocycles. The van der Waals surface area contributed by atoms with Gasteiger partial charge in [-0.2, -0.15) is 5.10 Å². The van der Waals surface area contributed by atoms with E-state index in [-0.39, 0.29) is 12.0 Å². The van der Waals surface area contributed by atoms with Crippen molar-refractivity contribution in [3.8, 4) is 5.69 Å². The van der Waals surface area contributed by atoms with Crippen LogP contribution in [0.25, 0.3) is 5.69 Å². The molecule has 3 aromatic rings. The summed E-state index contributed by atoms with van der Waals surface area (Å²) in [6, 6.07) is 17.4. The Morgan fingerprint density at radius 3 is 2.70 bits per heavy atom. The van der Waals surface area contributed by atoms with E-state index in [0.717, 1.165) is 42.1 Å². The lowest BCUT2D eigenvalue weighted by Gasteiger charge is -2.39. The minimum absolute atomic E-state index is 0.0206. The van der Waals surface area contributed by atoms with Gasteiger partial charge in [0.1, 0.15) is 11.3 Å². The van der Waals surface area contributed by atoms with Crippen molar-refractivity contribution in [1.82, 2.24) is 14.7 Å². The predicted octanol–water partition coefficient (Wildman–Crippen LogP) is 4.58. The Labute approximate surface area is 180 Å². The summed E-state index contributed by atoms with van der Waals surface area (Å²) in [6.07, 6.45) is 1.59. The number of carbonyl (C=O) groups excluding carboxylic acids is 1. The number of aromatic nitrogens is 2. The summed E-state index contributed by atoms with van der Waals surface area (Å²) in [5.74, 6) is -0.0206. The van der Waals surface area contributed by atoms with Crippen molar-refractivity contribution < 1.29 is 9.53 Å². The second-order valence-electron chi connectivity index (χ2n) is 7.72. The van der Waals surface area contributed by atoms with E-state index in [1.165, 1.54) is 0 Å². The zero-order valence-corrected chi connectivity index (χ0v) is 17.5. The van der Waals surface area contributed by atoms with Crippen molar-refractivity contribution in [3.05, 3.63) is 76.6 Å². The molecule has 1 N–H and O–H groups in total. The van der Waals surface area contributed by atoms with Crippen LogP contribution in [0.2, 0.25) is 5.15 Å². The monoisotopic (exact) mass is 422 g/mol. The van der Waals surface area contributed by atoms with Crippen LogP contribution in [0.3, 0.4) is 0 Å². The highest BCUT2D eigenvalue weighted by Crippen LogP contribution is 2.38. The molecule has 7 heteroatoms. The minimum Gasteiger partial charge on any atom is -0.376 e. The molecule has 0 bridgehead atoms. The number of rotatable bonds is 4. The average molecular weight is 423 g/mol. The number of amides is 1. The summed E-state index contributed by atoms with van der Waals surface area (Å²) in [7, 11) is 0. The van der Waals surface area contributed by atoms with Crippen LogP contribution >= 0.6 is 11.6 Å². The lowest BCUT2D eigenvalue weighted by atomic mass is 10.0. The topological polar surface area (TPSA) is 59.4 Å². The van der Waals surface area contributed by atoms with Crippen LogP contribution in [-0.2, 0) is 4.74 Å². The summed E-state index contributed by atoms with van der Waals surface area (Å²) in [5, 5.41) is 8.70. The Hall–Kier alpha value is -2.83. The van der Waals surface area contributed by atoms with Crippen LogP contribution in [0, 0.1) is 6.92 Å². The third kappa shape index (κ3) is 3.26. The van der Waals surface area contributed by atoms with Crippen molar-refractivity contribution in [3.63, 3.8) is 0 Å². The van der Waals surface area contributed by atoms with Gasteiger partial charge in [0.25, 0.3) is 5.91 Å². The SMILES string of the molecule is Cc1nn(-c2ccccc2)c(Cl)c1C1Nc2ccccc2C(=O)N1CC1CCCO1. The Balaban J connectivity index is 1.59. The summed E-state index contributed by atoms with van der Waals surface area (Å²) < 4.78 is 7.56. The van der Waals surface area contributed by atoms with Gasteiger partial charge in [0.2, 0.25) is 0 Å². The molecule has 2 unspecified atom stereocenters. The molecular formula is C23H23ClN4O2. The molecule has 30 heavy (non-hydrogen) atoms. The Kier molecular flexibility index (Phi) is 4.97. The van der Waals surface area contributed by atoms with Gasteiger partial charge in [-0.25, -0.2) is 4.68 Å². The number of anilines is 1. The van der Waals surface area contributed by atoms with Gasteiger partial charge in [-0.05, 0) is 44.0 Å². The lowest BCUT2D eigenvalue weighted by Crippen LogP contribution is -2.46. The van der Waals surface area contributed by atoms with E-state index in [1.807, 2.05) is 66.4 Å². The first kappa shape index (κ1) is 19.2. The van der Waals surface area contributed by atoms with E-state index in [1.54, 1.807) is 4.68 Å². The molecule has 154 valence electrons. The summed E-state index contributed by atoms with van der Waals surface area (Å²) >= 11 is 6.85. The summed E-state index contributed by atoms with van der Waals surface area (Å²) in [4.78, 5) is 15.3. The highest BCUT2D eigenvalue weighted by Gasteiger charge is 2.38. The zero-order valence-electron chi connectivity index (χ0n) is 16.7. The predicted molar refractivity (Wildman–Crippen MR) is 116 cm³/mol. The molecule has 0 spiro atoms. The molecule has 2 aliphatic heterocycles. The van der Waals surface area contributed by atoms with Crippen molar-refractivity contribution in [2.45, 2.75) is 32.0 Å². The van der Waals surface area contributed by atoms with Gasteiger partial charge in [0, 0.05) is 18.8 Å². The van der Waals surface area contributed by atoms with E-state index in [0.29, 0.717) is 17.3 Å². The smallest absolute Gasteiger partial charge is 0.257 e. The third-order valence-corrected chi connectivity index (χ3v) is 6.13. The van der Waals surface area contributed by atoms with Crippen LogP contribution in [0.5, 0.6) is 0 Å². The Morgan fingerprint density at radius 2 is 1.93 bits per heavy atom. The Bertz CT molecular complexity index is 1080. The molecule has 2 aliphatic rings. The van der Waals surface area contributed by atoms with Crippen LogP contribution in [0.15, 0.2) is 54.6 Å². The molecule has 2 aromatic carbocycles. The van der Waals surface area contributed by atoms with Gasteiger partial charge < -0.3 is 15.0 Å². The molecular weight excluding hydrogens is 400 g/mol. The van der Waals surface area contributed by atoms with E-state index in [4.69, 9.17) is 16.3 Å². The van der Waals surface area contributed by atoms with Gasteiger partial charge in [-0.15, -0.1) is 0 Å². The van der Waals surface area contributed by atoms with E-state index in [9.17, 15) is 4.79 Å². The molecule has 1 fully saturated rings. The molecule has 3 heterocycles. The number of nitrogens with one attached hydrogen (secondary N) is 1. The van der Waals surface area contributed by atoms with Crippen molar-refractivity contribution in [2.75, 3.05) is 18.5 Å². The zero-order chi connectivity index (χ0) is 20.7. The van der Waals surface area contributed by atoms with E-state index < -0.39 is 6.17 Å². The quantitative estimate of drug-likeness (QED) is 0.668. The standard InChI is InChI=1S/C23H23ClN4O2/c1-15-20(21(24)28(26-15)16-8-3-2-4-9-16)22-25-19-12-6-5-11-18(19)23(29)27(22)14-17-10-7-13-30-17/h2-6,8-9,11-12,17,22,25H,7,10,13-14H2,1H3. The highest BCUT2D eigenvalue weighted by atomic mass is 35.5. The first-order valence-electron chi connectivity index (χ1n) is 10.2. The highest BCUT2D eigenvalue weighted by molar-refractivity contribution is 6.30.